The van der Waals surface area contributed by atoms with Gasteiger partial charge in [-0.05, 0) is 50.5 Å². The number of anilines is 2. The number of benzene rings is 1. The summed E-state index contributed by atoms with van der Waals surface area (Å²) in [7, 11) is 0. The molecule has 0 saturated carbocycles. The van der Waals surface area contributed by atoms with E-state index >= 15 is 0 Å². The summed E-state index contributed by atoms with van der Waals surface area (Å²) in [6, 6.07) is 5.47. The summed E-state index contributed by atoms with van der Waals surface area (Å²) in [6.45, 7) is 5.85. The molecule has 0 spiro atoms. The number of rotatable bonds is 3. The summed E-state index contributed by atoms with van der Waals surface area (Å²) in [5, 5.41) is 4.58. The zero-order valence-electron chi connectivity index (χ0n) is 16.1. The van der Waals surface area contributed by atoms with Gasteiger partial charge in [-0.1, -0.05) is 24.4 Å². The van der Waals surface area contributed by atoms with Gasteiger partial charge in [-0.3, -0.25) is 4.79 Å². The zero-order valence-corrected chi connectivity index (χ0v) is 17.7. The highest BCUT2D eigenvalue weighted by Crippen LogP contribution is 2.36. The fourth-order valence-electron chi connectivity index (χ4n) is 3.78. The van der Waals surface area contributed by atoms with Gasteiger partial charge in [0.15, 0.2) is 0 Å². The topological polar surface area (TPSA) is 58.1 Å². The maximum atomic E-state index is 13.2. The van der Waals surface area contributed by atoms with Crippen LogP contribution in [0.1, 0.15) is 46.5 Å². The Morgan fingerprint density at radius 1 is 1.14 bits per heavy atom. The third-order valence-electron chi connectivity index (χ3n) is 5.21. The lowest BCUT2D eigenvalue weighted by Crippen LogP contribution is -2.25. The molecule has 0 bridgehead atoms. The Balaban J connectivity index is 1.75. The number of carbonyl (C=O) groups is 1. The highest BCUT2D eigenvalue weighted by Gasteiger charge is 2.24. The van der Waals surface area contributed by atoms with Gasteiger partial charge in [0.2, 0.25) is 0 Å². The van der Waals surface area contributed by atoms with Gasteiger partial charge < -0.3 is 10.2 Å². The normalized spacial score (nSPS) is 14.9. The third-order valence-corrected chi connectivity index (χ3v) is 6.46. The van der Waals surface area contributed by atoms with Crippen LogP contribution in [0.4, 0.5) is 11.5 Å². The number of thiophene rings is 1. The van der Waals surface area contributed by atoms with E-state index in [0.29, 0.717) is 10.6 Å². The Labute approximate surface area is 173 Å². The molecule has 0 radical (unpaired) electrons. The minimum absolute atomic E-state index is 0.125. The van der Waals surface area contributed by atoms with E-state index in [9.17, 15) is 4.79 Å². The van der Waals surface area contributed by atoms with Crippen LogP contribution in [-0.4, -0.2) is 29.0 Å². The first kappa shape index (κ1) is 19.2. The molecule has 1 saturated heterocycles. The molecule has 2 aromatic heterocycles. The Bertz CT molecular complexity index is 1020. The molecule has 28 heavy (non-hydrogen) atoms. The fourth-order valence-corrected chi connectivity index (χ4v) is 4.99. The predicted molar refractivity (Wildman–Crippen MR) is 117 cm³/mol. The standard InChI is InChI=1S/C21H23ClN4OS/c1-13-11-15(22)7-8-16(13)25-20(27)17-14(2)28-21-18(17)19(23-12-24-21)26-9-5-3-4-6-10-26/h7-8,11-12H,3-6,9-10H2,1-2H3,(H,25,27). The number of nitrogens with one attached hydrogen (secondary N) is 1. The molecule has 1 aromatic carbocycles. The summed E-state index contributed by atoms with van der Waals surface area (Å²) < 4.78 is 0. The fraction of sp³-hybridized carbons (Fsp3) is 0.381. The quantitative estimate of drug-likeness (QED) is 0.606. The van der Waals surface area contributed by atoms with Gasteiger partial charge in [0.25, 0.3) is 5.91 Å². The van der Waals surface area contributed by atoms with E-state index in [0.717, 1.165) is 58.1 Å². The predicted octanol–water partition coefficient (Wildman–Crippen LogP) is 5.59. The first-order valence-corrected chi connectivity index (χ1v) is 10.8. The van der Waals surface area contributed by atoms with Crippen LogP contribution in [0.3, 0.4) is 0 Å². The number of aromatic nitrogens is 2. The second-order valence-corrected chi connectivity index (χ2v) is 8.86. The number of hydrogen-bond acceptors (Lipinski definition) is 5. The lowest BCUT2D eigenvalue weighted by atomic mass is 10.1. The van der Waals surface area contributed by atoms with Crippen molar-refractivity contribution >= 4 is 50.6 Å². The van der Waals surface area contributed by atoms with Gasteiger partial charge in [-0.2, -0.15) is 0 Å². The molecule has 1 aliphatic heterocycles. The number of nitrogens with zero attached hydrogens (tertiary/aromatic N) is 3. The van der Waals surface area contributed by atoms with E-state index in [1.165, 1.54) is 12.8 Å². The molecular formula is C21H23ClN4OS. The second kappa shape index (κ2) is 8.05. The smallest absolute Gasteiger partial charge is 0.257 e. The summed E-state index contributed by atoms with van der Waals surface area (Å²) in [4.78, 5) is 26.4. The molecule has 0 unspecified atom stereocenters. The van der Waals surface area contributed by atoms with Gasteiger partial charge in [0.05, 0.1) is 10.9 Å². The van der Waals surface area contributed by atoms with Crippen LogP contribution in [0.25, 0.3) is 10.2 Å². The van der Waals surface area contributed by atoms with Crippen molar-refractivity contribution in [3.8, 4) is 0 Å². The van der Waals surface area contributed by atoms with Crippen LogP contribution in [0, 0.1) is 13.8 Å². The summed E-state index contributed by atoms with van der Waals surface area (Å²) in [5.74, 6) is 0.759. The highest BCUT2D eigenvalue weighted by atomic mass is 35.5. The molecule has 146 valence electrons. The van der Waals surface area contributed by atoms with Crippen LogP contribution >= 0.6 is 22.9 Å². The van der Waals surface area contributed by atoms with Gasteiger partial charge >= 0.3 is 0 Å². The minimum Gasteiger partial charge on any atom is -0.356 e. The van der Waals surface area contributed by atoms with Crippen molar-refractivity contribution in [2.24, 2.45) is 0 Å². The van der Waals surface area contributed by atoms with Gasteiger partial charge in [0, 0.05) is 28.7 Å². The summed E-state index contributed by atoms with van der Waals surface area (Å²) in [5.41, 5.74) is 2.37. The Morgan fingerprint density at radius 2 is 1.89 bits per heavy atom. The molecule has 1 N–H and O–H groups in total. The van der Waals surface area contributed by atoms with E-state index < -0.39 is 0 Å². The van der Waals surface area contributed by atoms with E-state index in [1.807, 2.05) is 26.0 Å². The molecule has 4 rings (SSSR count). The van der Waals surface area contributed by atoms with Gasteiger partial charge in [-0.15, -0.1) is 11.3 Å². The van der Waals surface area contributed by atoms with Crippen LogP contribution in [0.15, 0.2) is 24.5 Å². The van der Waals surface area contributed by atoms with Crippen LogP contribution in [-0.2, 0) is 0 Å². The van der Waals surface area contributed by atoms with E-state index in [1.54, 1.807) is 23.7 Å². The van der Waals surface area contributed by atoms with E-state index in [4.69, 9.17) is 11.6 Å². The summed E-state index contributed by atoms with van der Waals surface area (Å²) in [6.07, 6.45) is 6.41. The summed E-state index contributed by atoms with van der Waals surface area (Å²) >= 11 is 7.59. The van der Waals surface area contributed by atoms with Crippen LogP contribution in [0.5, 0.6) is 0 Å². The Hall–Kier alpha value is -2.18. The molecule has 5 nitrogen and oxygen atoms in total. The number of fused-ring (bicyclic) bond motifs is 1. The van der Waals surface area contributed by atoms with Crippen molar-refractivity contribution in [1.82, 2.24) is 9.97 Å². The van der Waals surface area contributed by atoms with Crippen molar-refractivity contribution in [2.75, 3.05) is 23.3 Å². The van der Waals surface area contributed by atoms with Crippen molar-refractivity contribution in [2.45, 2.75) is 39.5 Å². The van der Waals surface area contributed by atoms with Crippen molar-refractivity contribution in [3.63, 3.8) is 0 Å². The van der Waals surface area contributed by atoms with E-state index in [-0.39, 0.29) is 5.91 Å². The van der Waals surface area contributed by atoms with Crippen LogP contribution in [0.2, 0.25) is 5.02 Å². The number of halogens is 1. The molecule has 1 amide bonds. The number of carbonyl (C=O) groups excluding carboxylic acids is 1. The van der Waals surface area contributed by atoms with Crippen molar-refractivity contribution in [3.05, 3.63) is 45.6 Å². The number of hydrogen-bond donors (Lipinski definition) is 1. The maximum Gasteiger partial charge on any atom is 0.257 e. The molecule has 0 atom stereocenters. The monoisotopic (exact) mass is 414 g/mol. The minimum atomic E-state index is -0.125. The van der Waals surface area contributed by atoms with Crippen LogP contribution < -0.4 is 10.2 Å². The largest absolute Gasteiger partial charge is 0.356 e. The Kier molecular flexibility index (Phi) is 5.51. The number of amides is 1. The van der Waals surface area contributed by atoms with Crippen molar-refractivity contribution in [1.29, 1.82) is 0 Å². The molecule has 7 heteroatoms. The third kappa shape index (κ3) is 3.71. The average molecular weight is 415 g/mol. The zero-order chi connectivity index (χ0) is 19.7. The molecule has 0 aliphatic carbocycles. The Morgan fingerprint density at radius 3 is 2.61 bits per heavy atom. The molecule has 1 fully saturated rings. The first-order chi connectivity index (χ1) is 13.5. The van der Waals surface area contributed by atoms with Gasteiger partial charge in [0.1, 0.15) is 17.0 Å². The highest BCUT2D eigenvalue weighted by molar-refractivity contribution is 7.19. The lowest BCUT2D eigenvalue weighted by Gasteiger charge is -2.22. The second-order valence-electron chi connectivity index (χ2n) is 7.23. The SMILES string of the molecule is Cc1cc(Cl)ccc1NC(=O)c1c(C)sc2ncnc(N3CCCCCC3)c12. The lowest BCUT2D eigenvalue weighted by molar-refractivity contribution is 0.102. The maximum absolute atomic E-state index is 13.2. The van der Waals surface area contributed by atoms with E-state index in [2.05, 4.69) is 20.2 Å². The van der Waals surface area contributed by atoms with Crippen molar-refractivity contribution < 1.29 is 4.79 Å². The molecule has 3 aromatic rings. The number of aryl methyl sites for hydroxylation is 2. The van der Waals surface area contributed by atoms with Gasteiger partial charge in [-0.25, -0.2) is 9.97 Å². The average Bonchev–Trinajstić information content (AvgIpc) is 2.82. The molecule has 3 heterocycles. The first-order valence-electron chi connectivity index (χ1n) is 9.61. The molecule has 1 aliphatic rings. The molecular weight excluding hydrogens is 392 g/mol.